The number of para-hydroxylation sites is 3. The Hall–Kier alpha value is -7.04. The molecule has 3 aromatic heterocycles. The second-order valence-corrected chi connectivity index (χ2v) is 13.0. The van der Waals surface area contributed by atoms with Crippen molar-refractivity contribution in [1.29, 1.82) is 0 Å². The lowest BCUT2D eigenvalue weighted by atomic mass is 10.0. The molecule has 4 nitrogen and oxygen atoms in total. The van der Waals surface area contributed by atoms with Crippen molar-refractivity contribution in [3.63, 3.8) is 0 Å². The summed E-state index contributed by atoms with van der Waals surface area (Å²) in [4.78, 5) is 10.4. The average molecular weight is 665 g/mol. The summed E-state index contributed by atoms with van der Waals surface area (Å²) >= 11 is 0. The highest BCUT2D eigenvalue weighted by molar-refractivity contribution is 6.11. The van der Waals surface area contributed by atoms with E-state index in [1.807, 2.05) is 12.1 Å². The molecular formula is C48H32N4. The van der Waals surface area contributed by atoms with E-state index in [4.69, 9.17) is 9.97 Å². The Labute approximate surface area is 301 Å². The van der Waals surface area contributed by atoms with Crippen molar-refractivity contribution in [1.82, 2.24) is 19.1 Å². The van der Waals surface area contributed by atoms with Crippen molar-refractivity contribution in [2.75, 3.05) is 0 Å². The van der Waals surface area contributed by atoms with E-state index in [0.717, 1.165) is 61.7 Å². The maximum Gasteiger partial charge on any atom is 0.160 e. The Kier molecular flexibility index (Phi) is 7.10. The standard InChI is InChI=1S/C48H32N4/c1-4-17-33(18-5-1)41-32-42(34-19-6-2-7-20-34)50-47(49-41)36-23-16-24-37(31-36)51-45-30-15-12-27-40(45)46(35-21-8-3-9-22-35)48(51)52-43-28-13-10-25-38(43)39-26-11-14-29-44(39)52/h1-32H. The van der Waals surface area contributed by atoms with Crippen LogP contribution in [0.5, 0.6) is 0 Å². The van der Waals surface area contributed by atoms with Gasteiger partial charge in [0.2, 0.25) is 0 Å². The lowest BCUT2D eigenvalue weighted by molar-refractivity contribution is 1.00. The molecule has 0 radical (unpaired) electrons. The third kappa shape index (κ3) is 4.92. The number of rotatable bonds is 6. The molecule has 0 aliphatic heterocycles. The molecule has 4 heteroatoms. The molecule has 0 unspecified atom stereocenters. The molecule has 10 rings (SSSR count). The van der Waals surface area contributed by atoms with Gasteiger partial charge in [-0.05, 0) is 42.0 Å². The molecule has 0 aliphatic rings. The van der Waals surface area contributed by atoms with Gasteiger partial charge in [0.25, 0.3) is 0 Å². The van der Waals surface area contributed by atoms with Crippen LogP contribution in [0.3, 0.4) is 0 Å². The molecule has 0 N–H and O–H groups in total. The molecule has 244 valence electrons. The minimum Gasteiger partial charge on any atom is -0.295 e. The lowest BCUT2D eigenvalue weighted by Gasteiger charge is -2.17. The van der Waals surface area contributed by atoms with Crippen LogP contribution in [0.1, 0.15) is 0 Å². The van der Waals surface area contributed by atoms with Crippen molar-refractivity contribution >= 4 is 32.7 Å². The van der Waals surface area contributed by atoms with E-state index < -0.39 is 0 Å². The Bertz CT molecular complexity index is 2780. The van der Waals surface area contributed by atoms with Crippen LogP contribution in [0.15, 0.2) is 194 Å². The highest BCUT2D eigenvalue weighted by atomic mass is 15.2. The van der Waals surface area contributed by atoms with Gasteiger partial charge in [-0.25, -0.2) is 9.97 Å². The van der Waals surface area contributed by atoms with Crippen LogP contribution < -0.4 is 0 Å². The van der Waals surface area contributed by atoms with Gasteiger partial charge in [0.1, 0.15) is 5.82 Å². The molecule has 0 saturated heterocycles. The minimum absolute atomic E-state index is 0.681. The highest BCUT2D eigenvalue weighted by Gasteiger charge is 2.25. The van der Waals surface area contributed by atoms with E-state index in [-0.39, 0.29) is 0 Å². The number of aromatic nitrogens is 4. The summed E-state index contributed by atoms with van der Waals surface area (Å²) in [5.74, 6) is 1.77. The topological polar surface area (TPSA) is 35.6 Å². The number of benzene rings is 7. The molecule has 0 atom stereocenters. The molecule has 0 amide bonds. The SMILES string of the molecule is c1ccc(-c2cc(-c3ccccc3)nc(-c3cccc(-n4c(-n5c6ccccc6c6ccccc65)c(-c5ccccc5)c5ccccc54)c3)n2)cc1. The number of hydrogen-bond acceptors (Lipinski definition) is 2. The van der Waals surface area contributed by atoms with Crippen LogP contribution in [-0.2, 0) is 0 Å². The number of fused-ring (bicyclic) bond motifs is 4. The maximum absolute atomic E-state index is 5.18. The van der Waals surface area contributed by atoms with Crippen molar-refractivity contribution in [3.05, 3.63) is 194 Å². The van der Waals surface area contributed by atoms with E-state index in [0.29, 0.717) is 5.82 Å². The first-order valence-electron chi connectivity index (χ1n) is 17.6. The fourth-order valence-electron chi connectivity index (χ4n) is 7.61. The number of nitrogens with zero attached hydrogens (tertiary/aromatic N) is 4. The summed E-state index contributed by atoms with van der Waals surface area (Å²) in [6.45, 7) is 0. The summed E-state index contributed by atoms with van der Waals surface area (Å²) in [5.41, 5.74) is 11.6. The van der Waals surface area contributed by atoms with E-state index in [2.05, 4.69) is 191 Å². The zero-order valence-corrected chi connectivity index (χ0v) is 28.3. The first-order chi connectivity index (χ1) is 25.8. The van der Waals surface area contributed by atoms with Crippen molar-refractivity contribution < 1.29 is 0 Å². The van der Waals surface area contributed by atoms with Crippen LogP contribution >= 0.6 is 0 Å². The smallest absolute Gasteiger partial charge is 0.160 e. The van der Waals surface area contributed by atoms with E-state index in [1.54, 1.807) is 0 Å². The van der Waals surface area contributed by atoms with Gasteiger partial charge in [-0.3, -0.25) is 9.13 Å². The van der Waals surface area contributed by atoms with Crippen molar-refractivity contribution in [2.24, 2.45) is 0 Å². The van der Waals surface area contributed by atoms with E-state index in [1.165, 1.54) is 21.7 Å². The summed E-state index contributed by atoms with van der Waals surface area (Å²) in [5, 5.41) is 3.63. The van der Waals surface area contributed by atoms with Gasteiger partial charge >= 0.3 is 0 Å². The predicted octanol–water partition coefficient (Wildman–Crippen LogP) is 12.2. The third-order valence-corrected chi connectivity index (χ3v) is 9.93. The molecule has 3 heterocycles. The van der Waals surface area contributed by atoms with Crippen LogP contribution in [0.2, 0.25) is 0 Å². The van der Waals surface area contributed by atoms with Gasteiger partial charge in [-0.15, -0.1) is 0 Å². The summed E-state index contributed by atoms with van der Waals surface area (Å²) < 4.78 is 4.86. The van der Waals surface area contributed by atoms with E-state index >= 15 is 0 Å². The Morgan fingerprint density at radius 2 is 0.769 bits per heavy atom. The second kappa shape index (κ2) is 12.4. The predicted molar refractivity (Wildman–Crippen MR) is 215 cm³/mol. The first-order valence-corrected chi connectivity index (χ1v) is 17.6. The molecule has 0 aliphatic carbocycles. The largest absolute Gasteiger partial charge is 0.295 e. The van der Waals surface area contributed by atoms with Gasteiger partial charge in [0.05, 0.1) is 27.9 Å². The molecule has 10 aromatic rings. The quantitative estimate of drug-likeness (QED) is 0.177. The van der Waals surface area contributed by atoms with E-state index in [9.17, 15) is 0 Å². The molecule has 0 bridgehead atoms. The van der Waals surface area contributed by atoms with Gasteiger partial charge in [0.15, 0.2) is 5.82 Å². The molecule has 0 spiro atoms. The fraction of sp³-hybridized carbons (Fsp3) is 0. The maximum atomic E-state index is 5.18. The average Bonchev–Trinajstić information content (AvgIpc) is 3.74. The molecule has 0 saturated carbocycles. The normalized spacial score (nSPS) is 11.5. The Morgan fingerprint density at radius 1 is 0.327 bits per heavy atom. The van der Waals surface area contributed by atoms with Crippen molar-refractivity contribution in [2.45, 2.75) is 0 Å². The van der Waals surface area contributed by atoms with Gasteiger partial charge < -0.3 is 0 Å². The van der Waals surface area contributed by atoms with Gasteiger partial charge in [0, 0.05) is 44.1 Å². The van der Waals surface area contributed by atoms with Crippen LogP contribution in [0, 0.1) is 0 Å². The van der Waals surface area contributed by atoms with Crippen LogP contribution in [0.4, 0.5) is 0 Å². The Balaban J connectivity index is 1.27. The second-order valence-electron chi connectivity index (χ2n) is 13.0. The highest BCUT2D eigenvalue weighted by Crippen LogP contribution is 2.43. The van der Waals surface area contributed by atoms with Crippen molar-refractivity contribution in [3.8, 4) is 56.5 Å². The monoisotopic (exact) mass is 664 g/mol. The molecule has 52 heavy (non-hydrogen) atoms. The van der Waals surface area contributed by atoms with Gasteiger partial charge in [-0.2, -0.15) is 0 Å². The molecular weight excluding hydrogens is 633 g/mol. The summed E-state index contributed by atoms with van der Waals surface area (Å²) in [6, 6.07) is 68.4. The Morgan fingerprint density at radius 3 is 1.33 bits per heavy atom. The summed E-state index contributed by atoms with van der Waals surface area (Å²) in [7, 11) is 0. The lowest BCUT2D eigenvalue weighted by Crippen LogP contribution is -2.06. The van der Waals surface area contributed by atoms with Crippen LogP contribution in [-0.4, -0.2) is 19.1 Å². The summed E-state index contributed by atoms with van der Waals surface area (Å²) in [6.07, 6.45) is 0. The van der Waals surface area contributed by atoms with Crippen LogP contribution in [0.25, 0.3) is 89.2 Å². The zero-order chi connectivity index (χ0) is 34.4. The minimum atomic E-state index is 0.681. The molecule has 0 fully saturated rings. The molecule has 7 aromatic carbocycles. The zero-order valence-electron chi connectivity index (χ0n) is 28.3. The van der Waals surface area contributed by atoms with Gasteiger partial charge in [-0.1, -0.05) is 158 Å². The third-order valence-electron chi connectivity index (χ3n) is 9.93. The first kappa shape index (κ1) is 29.8. The number of hydrogen-bond donors (Lipinski definition) is 0. The fourth-order valence-corrected chi connectivity index (χ4v) is 7.61.